The molecule has 2 aromatic rings. The van der Waals surface area contributed by atoms with Crippen LogP contribution in [-0.2, 0) is 6.54 Å². The van der Waals surface area contributed by atoms with Gasteiger partial charge < -0.3 is 14.8 Å². The topological polar surface area (TPSA) is 83.8 Å². The summed E-state index contributed by atoms with van der Waals surface area (Å²) in [5.74, 6) is -0.0332. The van der Waals surface area contributed by atoms with Crippen molar-refractivity contribution in [1.29, 1.82) is 0 Å². The van der Waals surface area contributed by atoms with Gasteiger partial charge in [-0.3, -0.25) is 4.79 Å². The van der Waals surface area contributed by atoms with E-state index < -0.39 is 0 Å². The molecule has 2 heterocycles. The van der Waals surface area contributed by atoms with E-state index in [1.807, 2.05) is 0 Å². The second-order valence-corrected chi connectivity index (χ2v) is 3.10. The standard InChI is InChI=1S/C9H10N4O2/c1-6-2-13-15-8(6)9(14)11-4-7-3-10-5-12-7/h2-3,5H,4H2,1H3,(H,10,12)(H,11,14). The second-order valence-electron chi connectivity index (χ2n) is 3.10. The predicted molar refractivity (Wildman–Crippen MR) is 51.0 cm³/mol. The van der Waals surface area contributed by atoms with Crippen molar-refractivity contribution in [2.75, 3.05) is 0 Å². The number of carbonyl (C=O) groups excluding carboxylic acids is 1. The highest BCUT2D eigenvalue weighted by Gasteiger charge is 2.13. The maximum Gasteiger partial charge on any atom is 0.290 e. The molecule has 2 N–H and O–H groups in total. The van der Waals surface area contributed by atoms with Crippen LogP contribution in [-0.4, -0.2) is 21.0 Å². The third kappa shape index (κ3) is 2.04. The fourth-order valence-corrected chi connectivity index (χ4v) is 1.15. The van der Waals surface area contributed by atoms with Crippen molar-refractivity contribution in [3.05, 3.63) is 35.7 Å². The molecule has 1 amide bonds. The minimum absolute atomic E-state index is 0.245. The minimum atomic E-state index is -0.278. The zero-order chi connectivity index (χ0) is 10.7. The predicted octanol–water partition coefficient (Wildman–Crippen LogP) is 0.636. The molecule has 0 bridgehead atoms. The normalized spacial score (nSPS) is 10.2. The minimum Gasteiger partial charge on any atom is -0.351 e. The lowest BCUT2D eigenvalue weighted by Crippen LogP contribution is -2.23. The fraction of sp³-hybridized carbons (Fsp3) is 0.222. The third-order valence-corrected chi connectivity index (χ3v) is 1.95. The van der Waals surface area contributed by atoms with Crippen molar-refractivity contribution in [1.82, 2.24) is 20.4 Å². The Kier molecular flexibility index (Phi) is 2.49. The molecule has 2 rings (SSSR count). The Balaban J connectivity index is 1.96. The Bertz CT molecular complexity index is 446. The maximum atomic E-state index is 11.5. The molecule has 6 nitrogen and oxygen atoms in total. The first kappa shape index (κ1) is 9.45. The Labute approximate surface area is 85.7 Å². The Morgan fingerprint density at radius 1 is 1.60 bits per heavy atom. The molecule has 0 radical (unpaired) electrons. The van der Waals surface area contributed by atoms with Crippen LogP contribution < -0.4 is 5.32 Å². The van der Waals surface area contributed by atoms with Crippen LogP contribution in [0.3, 0.4) is 0 Å². The molecule has 15 heavy (non-hydrogen) atoms. The summed E-state index contributed by atoms with van der Waals surface area (Å²) < 4.78 is 4.81. The third-order valence-electron chi connectivity index (χ3n) is 1.95. The van der Waals surface area contributed by atoms with E-state index in [0.717, 1.165) is 11.3 Å². The fourth-order valence-electron chi connectivity index (χ4n) is 1.15. The number of aromatic nitrogens is 3. The molecule has 0 atom stereocenters. The van der Waals surface area contributed by atoms with Crippen molar-refractivity contribution in [3.8, 4) is 0 Å². The van der Waals surface area contributed by atoms with Gasteiger partial charge in [0.25, 0.3) is 5.91 Å². The second kappa shape index (κ2) is 3.95. The molecule has 0 aliphatic heterocycles. The highest BCUT2D eigenvalue weighted by atomic mass is 16.5. The number of carbonyl (C=O) groups is 1. The average Bonchev–Trinajstić information content (AvgIpc) is 2.84. The lowest BCUT2D eigenvalue weighted by molar-refractivity contribution is 0.0912. The Morgan fingerprint density at radius 3 is 3.07 bits per heavy atom. The van der Waals surface area contributed by atoms with Crippen LogP contribution in [0, 0.1) is 6.92 Å². The quantitative estimate of drug-likeness (QED) is 0.771. The number of rotatable bonds is 3. The SMILES string of the molecule is Cc1cnoc1C(=O)NCc1cnc[nH]1. The van der Waals surface area contributed by atoms with Gasteiger partial charge in [0, 0.05) is 11.8 Å². The zero-order valence-corrected chi connectivity index (χ0v) is 8.15. The summed E-state index contributed by atoms with van der Waals surface area (Å²) in [6.45, 7) is 2.15. The van der Waals surface area contributed by atoms with Gasteiger partial charge in [-0.15, -0.1) is 0 Å². The van der Waals surface area contributed by atoms with Crippen LogP contribution in [0.1, 0.15) is 21.8 Å². The van der Waals surface area contributed by atoms with Gasteiger partial charge in [-0.1, -0.05) is 5.16 Å². The van der Waals surface area contributed by atoms with E-state index in [9.17, 15) is 4.79 Å². The summed E-state index contributed by atoms with van der Waals surface area (Å²) in [4.78, 5) is 18.3. The van der Waals surface area contributed by atoms with Crippen molar-refractivity contribution in [2.24, 2.45) is 0 Å². The largest absolute Gasteiger partial charge is 0.351 e. The number of H-pyrrole nitrogens is 1. The monoisotopic (exact) mass is 206 g/mol. The van der Waals surface area contributed by atoms with Crippen molar-refractivity contribution in [3.63, 3.8) is 0 Å². The lowest BCUT2D eigenvalue weighted by Gasteiger charge is -2.00. The van der Waals surface area contributed by atoms with Crippen LogP contribution >= 0.6 is 0 Å². The van der Waals surface area contributed by atoms with E-state index in [1.54, 1.807) is 19.4 Å². The van der Waals surface area contributed by atoms with Gasteiger partial charge in [-0.05, 0) is 6.92 Å². The van der Waals surface area contributed by atoms with E-state index in [4.69, 9.17) is 4.52 Å². The average molecular weight is 206 g/mol. The first-order chi connectivity index (χ1) is 7.27. The highest BCUT2D eigenvalue weighted by Crippen LogP contribution is 2.05. The molecule has 0 fully saturated rings. The van der Waals surface area contributed by atoms with Crippen LogP contribution in [0.25, 0.3) is 0 Å². The number of hydrogen-bond donors (Lipinski definition) is 2. The summed E-state index contributed by atoms with van der Waals surface area (Å²) >= 11 is 0. The van der Waals surface area contributed by atoms with Crippen molar-refractivity contribution < 1.29 is 9.32 Å². The molecule has 0 unspecified atom stereocenters. The number of imidazole rings is 1. The molecule has 0 aromatic carbocycles. The first-order valence-corrected chi connectivity index (χ1v) is 4.44. The number of nitrogens with zero attached hydrogens (tertiary/aromatic N) is 2. The number of aryl methyl sites for hydroxylation is 1. The smallest absolute Gasteiger partial charge is 0.290 e. The molecule has 0 aliphatic carbocycles. The van der Waals surface area contributed by atoms with Gasteiger partial charge in [0.15, 0.2) is 0 Å². The number of amides is 1. The Hall–Kier alpha value is -2.11. The highest BCUT2D eigenvalue weighted by molar-refractivity contribution is 5.92. The number of aromatic amines is 1. The van der Waals surface area contributed by atoms with E-state index in [0.29, 0.717) is 6.54 Å². The van der Waals surface area contributed by atoms with Gasteiger partial charge in [0.2, 0.25) is 5.76 Å². The van der Waals surface area contributed by atoms with E-state index in [1.165, 1.54) is 6.20 Å². The van der Waals surface area contributed by atoms with Crippen LogP contribution in [0.5, 0.6) is 0 Å². The van der Waals surface area contributed by atoms with E-state index >= 15 is 0 Å². The lowest BCUT2D eigenvalue weighted by atomic mass is 10.3. The molecule has 78 valence electrons. The van der Waals surface area contributed by atoms with Gasteiger partial charge in [-0.25, -0.2) is 4.98 Å². The van der Waals surface area contributed by atoms with Crippen LogP contribution in [0.4, 0.5) is 0 Å². The summed E-state index contributed by atoms with van der Waals surface area (Å²) in [7, 11) is 0. The van der Waals surface area contributed by atoms with Gasteiger partial charge in [-0.2, -0.15) is 0 Å². The molecule has 0 saturated carbocycles. The van der Waals surface area contributed by atoms with Crippen molar-refractivity contribution >= 4 is 5.91 Å². The number of nitrogens with one attached hydrogen (secondary N) is 2. The number of hydrogen-bond acceptors (Lipinski definition) is 4. The summed E-state index contributed by atoms with van der Waals surface area (Å²) in [5, 5.41) is 6.22. The zero-order valence-electron chi connectivity index (χ0n) is 8.15. The van der Waals surface area contributed by atoms with Gasteiger partial charge in [0.05, 0.1) is 24.8 Å². The molecule has 0 saturated heterocycles. The summed E-state index contributed by atoms with van der Waals surface area (Å²) in [5.41, 5.74) is 1.55. The summed E-state index contributed by atoms with van der Waals surface area (Å²) in [6, 6.07) is 0. The maximum absolute atomic E-state index is 11.5. The summed E-state index contributed by atoms with van der Waals surface area (Å²) in [6.07, 6.45) is 4.71. The molecule has 0 spiro atoms. The molecule has 0 aliphatic rings. The molecule has 6 heteroatoms. The first-order valence-electron chi connectivity index (χ1n) is 4.44. The molecular weight excluding hydrogens is 196 g/mol. The van der Waals surface area contributed by atoms with E-state index in [-0.39, 0.29) is 11.7 Å². The Morgan fingerprint density at radius 2 is 2.47 bits per heavy atom. The van der Waals surface area contributed by atoms with Gasteiger partial charge >= 0.3 is 0 Å². The van der Waals surface area contributed by atoms with E-state index in [2.05, 4.69) is 20.4 Å². The van der Waals surface area contributed by atoms with Crippen LogP contribution in [0.2, 0.25) is 0 Å². The van der Waals surface area contributed by atoms with Crippen LogP contribution in [0.15, 0.2) is 23.2 Å². The van der Waals surface area contributed by atoms with Gasteiger partial charge in [0.1, 0.15) is 0 Å². The van der Waals surface area contributed by atoms with Crippen molar-refractivity contribution in [2.45, 2.75) is 13.5 Å². The molecular formula is C9H10N4O2. The molecule has 2 aromatic heterocycles.